The van der Waals surface area contributed by atoms with Crippen LogP contribution < -0.4 is 10.0 Å². The van der Waals surface area contributed by atoms with Crippen LogP contribution in [0.2, 0.25) is 0 Å². The predicted octanol–water partition coefficient (Wildman–Crippen LogP) is 3.66. The van der Waals surface area contributed by atoms with Crippen molar-refractivity contribution in [3.63, 3.8) is 0 Å². The first-order chi connectivity index (χ1) is 12.8. The van der Waals surface area contributed by atoms with Gasteiger partial charge in [-0.25, -0.2) is 12.8 Å². The minimum atomic E-state index is -4.76. The Morgan fingerprint density at radius 1 is 1.28 bits per heavy atom. The number of carbonyl (C=O) groups excluding carboxylic acids is 1. The lowest BCUT2D eigenvalue weighted by Crippen LogP contribution is -2.42. The molecule has 2 aromatic rings. The second kappa shape index (κ2) is 9.12. The van der Waals surface area contributed by atoms with Gasteiger partial charge in [0.15, 0.2) is 0 Å². The van der Waals surface area contributed by atoms with Gasteiger partial charge in [-0.1, -0.05) is 0 Å². The molecule has 0 radical (unpaired) electrons. The fourth-order valence-electron chi connectivity index (χ4n) is 2.06. The lowest BCUT2D eigenvalue weighted by Gasteiger charge is -2.16. The molecule has 0 bridgehead atoms. The average Bonchev–Trinajstić information content (AvgIpc) is 2.98. The predicted molar refractivity (Wildman–Crippen MR) is 104 cm³/mol. The summed E-state index contributed by atoms with van der Waals surface area (Å²) >= 11 is 0.632. The van der Waals surface area contributed by atoms with Crippen LogP contribution in [0, 0.1) is 24.1 Å². The largest absolute Gasteiger partial charge is 0.404 e. The molecule has 0 fully saturated rings. The summed E-state index contributed by atoms with van der Waals surface area (Å²) in [5.74, 6) is -1.53. The SMILES string of the molecule is Cc1sc(S(=O)(=O)N[C@@H](C)C(F)(F)F)cc1C(=O)Nc1ccc(F)c(C#N)c1.S. The average molecular weight is 470 g/mol. The van der Waals surface area contributed by atoms with Crippen molar-refractivity contribution < 1.29 is 30.8 Å². The molecule has 158 valence electrons. The van der Waals surface area contributed by atoms with E-state index in [0.717, 1.165) is 18.2 Å². The lowest BCUT2D eigenvalue weighted by molar-refractivity contribution is -0.147. The van der Waals surface area contributed by atoms with Crippen molar-refractivity contribution >= 4 is 46.5 Å². The molecule has 2 rings (SSSR count). The molecule has 0 aliphatic rings. The first kappa shape index (κ1) is 24.9. The van der Waals surface area contributed by atoms with Gasteiger partial charge in [0.1, 0.15) is 22.1 Å². The van der Waals surface area contributed by atoms with Crippen LogP contribution in [0.5, 0.6) is 0 Å². The number of nitrogens with one attached hydrogen (secondary N) is 2. The number of rotatable bonds is 5. The molecular weight excluding hydrogens is 454 g/mol. The summed E-state index contributed by atoms with van der Waals surface area (Å²) in [5, 5.41) is 11.2. The smallest absolute Gasteiger partial charge is 0.322 e. The van der Waals surface area contributed by atoms with E-state index < -0.39 is 38.2 Å². The molecule has 0 aliphatic carbocycles. The fourth-order valence-corrected chi connectivity index (χ4v) is 4.74. The fraction of sp³-hybridized carbons (Fsp3) is 0.250. The van der Waals surface area contributed by atoms with Gasteiger partial charge in [0.25, 0.3) is 15.9 Å². The lowest BCUT2D eigenvalue weighted by atomic mass is 10.2. The maximum absolute atomic E-state index is 13.3. The number of thiophene rings is 1. The number of alkyl halides is 3. The van der Waals surface area contributed by atoms with Gasteiger partial charge < -0.3 is 5.32 Å². The van der Waals surface area contributed by atoms with Gasteiger partial charge in [-0.15, -0.1) is 11.3 Å². The van der Waals surface area contributed by atoms with Gasteiger partial charge in [-0.3, -0.25) is 4.79 Å². The number of aryl methyl sites for hydroxylation is 1. The van der Waals surface area contributed by atoms with Crippen LogP contribution >= 0.6 is 24.8 Å². The van der Waals surface area contributed by atoms with Gasteiger partial charge in [-0.05, 0) is 38.1 Å². The van der Waals surface area contributed by atoms with Crippen LogP contribution in [0.4, 0.5) is 23.2 Å². The molecule has 29 heavy (non-hydrogen) atoms. The van der Waals surface area contributed by atoms with Gasteiger partial charge in [0.2, 0.25) is 0 Å². The Labute approximate surface area is 175 Å². The Morgan fingerprint density at radius 2 is 1.90 bits per heavy atom. The van der Waals surface area contributed by atoms with Crippen molar-refractivity contribution in [2.75, 3.05) is 5.32 Å². The van der Waals surface area contributed by atoms with Gasteiger partial charge >= 0.3 is 6.18 Å². The maximum atomic E-state index is 13.3. The normalized spacial score (nSPS) is 12.6. The zero-order valence-corrected chi connectivity index (χ0v) is 17.5. The molecule has 1 aromatic heterocycles. The topological polar surface area (TPSA) is 99.1 Å². The molecular formula is C16H15F4N3O3S3. The highest BCUT2D eigenvalue weighted by Gasteiger charge is 2.39. The second-order valence-corrected chi connectivity index (χ2v) is 8.88. The minimum absolute atomic E-state index is 0. The molecule has 0 unspecified atom stereocenters. The minimum Gasteiger partial charge on any atom is -0.322 e. The number of benzene rings is 1. The van der Waals surface area contributed by atoms with Crippen LogP contribution in [0.1, 0.15) is 27.7 Å². The van der Waals surface area contributed by atoms with E-state index in [1.54, 1.807) is 6.07 Å². The number of hydrogen-bond donors (Lipinski definition) is 2. The van der Waals surface area contributed by atoms with Crippen LogP contribution in [0.25, 0.3) is 0 Å². The molecule has 6 nitrogen and oxygen atoms in total. The molecule has 1 aromatic carbocycles. The Morgan fingerprint density at radius 3 is 2.45 bits per heavy atom. The van der Waals surface area contributed by atoms with E-state index in [4.69, 9.17) is 5.26 Å². The second-order valence-electron chi connectivity index (χ2n) is 5.68. The molecule has 0 spiro atoms. The summed E-state index contributed by atoms with van der Waals surface area (Å²) in [4.78, 5) is 12.6. The van der Waals surface area contributed by atoms with Crippen LogP contribution in [-0.4, -0.2) is 26.5 Å². The van der Waals surface area contributed by atoms with Gasteiger partial charge in [0, 0.05) is 10.6 Å². The number of carbonyl (C=O) groups is 1. The van der Waals surface area contributed by atoms with Crippen molar-refractivity contribution in [1.29, 1.82) is 5.26 Å². The number of nitrogens with zero attached hydrogens (tertiary/aromatic N) is 1. The Kier molecular flexibility index (Phi) is 7.83. The van der Waals surface area contributed by atoms with Gasteiger partial charge in [-0.2, -0.15) is 36.7 Å². The number of anilines is 1. The van der Waals surface area contributed by atoms with E-state index >= 15 is 0 Å². The standard InChI is InChI=1S/C16H13F4N3O3S2.H2S/c1-8-12(15(24)22-11-3-4-13(17)10(5-11)7-21)6-14(27-8)28(25,26)23-9(2)16(18,19)20;/h3-6,9,23H,1-2H3,(H,22,24);1H2/t9-;/m0./s1. The van der Waals surface area contributed by atoms with E-state index in [9.17, 15) is 30.8 Å². The number of halogens is 4. The molecule has 1 amide bonds. The molecule has 0 saturated heterocycles. The third-order valence-corrected chi connectivity index (χ3v) is 6.64. The van der Waals surface area contributed by atoms with Crippen LogP contribution in [0.15, 0.2) is 28.5 Å². The quantitative estimate of drug-likeness (QED) is 0.653. The highest BCUT2D eigenvalue weighted by molar-refractivity contribution is 7.91. The van der Waals surface area contributed by atoms with Crippen molar-refractivity contribution in [3.05, 3.63) is 46.1 Å². The molecule has 1 atom stereocenters. The number of nitriles is 1. The summed E-state index contributed by atoms with van der Waals surface area (Å²) in [5.41, 5.74) is -0.275. The summed E-state index contributed by atoms with van der Waals surface area (Å²) in [7, 11) is -4.49. The highest BCUT2D eigenvalue weighted by Crippen LogP contribution is 2.28. The van der Waals surface area contributed by atoms with E-state index in [2.05, 4.69) is 5.32 Å². The van der Waals surface area contributed by atoms with E-state index in [1.165, 1.54) is 17.7 Å². The Balaban J connectivity index is 0.00000420. The van der Waals surface area contributed by atoms with E-state index in [-0.39, 0.29) is 35.2 Å². The molecule has 2 N–H and O–H groups in total. The number of hydrogen-bond acceptors (Lipinski definition) is 5. The van der Waals surface area contributed by atoms with E-state index in [1.807, 2.05) is 0 Å². The summed E-state index contributed by atoms with van der Waals surface area (Å²) < 4.78 is 76.5. The van der Waals surface area contributed by atoms with Crippen molar-refractivity contribution in [2.45, 2.75) is 30.3 Å². The summed E-state index contributed by atoms with van der Waals surface area (Å²) in [6.45, 7) is 2.09. The van der Waals surface area contributed by atoms with Crippen molar-refractivity contribution in [3.8, 4) is 6.07 Å². The molecule has 0 saturated carbocycles. The number of amides is 1. The zero-order chi connectivity index (χ0) is 21.3. The van der Waals surface area contributed by atoms with Crippen molar-refractivity contribution in [1.82, 2.24) is 4.72 Å². The molecule has 13 heteroatoms. The highest BCUT2D eigenvalue weighted by atomic mass is 32.2. The van der Waals surface area contributed by atoms with Gasteiger partial charge in [0.05, 0.1) is 11.1 Å². The number of sulfonamides is 1. The monoisotopic (exact) mass is 469 g/mol. The Hall–Kier alpha value is -2.14. The van der Waals surface area contributed by atoms with Crippen molar-refractivity contribution in [2.24, 2.45) is 0 Å². The van der Waals surface area contributed by atoms with Crippen LogP contribution in [0.3, 0.4) is 0 Å². The van der Waals surface area contributed by atoms with E-state index in [0.29, 0.717) is 18.3 Å². The molecule has 0 aliphatic heterocycles. The Bertz CT molecular complexity index is 1060. The summed E-state index contributed by atoms with van der Waals surface area (Å²) in [6.07, 6.45) is -4.76. The molecule has 1 heterocycles. The first-order valence-corrected chi connectivity index (χ1v) is 9.85. The first-order valence-electron chi connectivity index (χ1n) is 7.55. The summed E-state index contributed by atoms with van der Waals surface area (Å²) in [6, 6.07) is 3.54. The van der Waals surface area contributed by atoms with Crippen LogP contribution in [-0.2, 0) is 10.0 Å². The third kappa shape index (κ3) is 5.92. The third-order valence-electron chi connectivity index (χ3n) is 3.57. The zero-order valence-electron chi connectivity index (χ0n) is 14.9. The maximum Gasteiger partial charge on any atom is 0.404 e.